The fourth-order valence-electron chi connectivity index (χ4n) is 1.47. The second kappa shape index (κ2) is 8.91. The van der Waals surface area contributed by atoms with Crippen LogP contribution in [0.1, 0.15) is 5.56 Å². The number of alkyl halides is 2. The lowest BCUT2D eigenvalue weighted by atomic mass is 10.1. The Balaban J connectivity index is 0.00000400. The molecule has 1 aromatic rings. The van der Waals surface area contributed by atoms with Gasteiger partial charge in [0.2, 0.25) is 15.7 Å². The Morgan fingerprint density at radius 3 is 2.24 bits per heavy atom. The van der Waals surface area contributed by atoms with Gasteiger partial charge in [-0.15, -0.1) is 12.4 Å². The third-order valence-electron chi connectivity index (χ3n) is 2.55. The molecule has 21 heavy (non-hydrogen) atoms. The van der Waals surface area contributed by atoms with Gasteiger partial charge in [0.1, 0.15) is 0 Å². The van der Waals surface area contributed by atoms with Crippen molar-refractivity contribution in [2.24, 2.45) is 0 Å². The highest BCUT2D eigenvalue weighted by molar-refractivity contribution is 7.91. The molecule has 1 aromatic carbocycles. The standard InChI is InChI=1S/C12H16F2N2O3S.ClH/c1-15-6-7-16-11(17)8-9-2-4-10(5-3-9)20(18,19)12(13)14;/h2-5,12,15H,6-8H2,1H3,(H,16,17);1H. The molecular formula is C12H17ClF2N2O3S. The number of likely N-dealkylation sites (N-methyl/N-ethyl adjacent to an activating group) is 1. The van der Waals surface area contributed by atoms with Gasteiger partial charge >= 0.3 is 5.76 Å². The van der Waals surface area contributed by atoms with Crippen molar-refractivity contribution in [3.8, 4) is 0 Å². The van der Waals surface area contributed by atoms with Gasteiger partial charge < -0.3 is 10.6 Å². The summed E-state index contributed by atoms with van der Waals surface area (Å²) >= 11 is 0. The number of rotatable bonds is 7. The van der Waals surface area contributed by atoms with E-state index in [1.165, 1.54) is 12.1 Å². The van der Waals surface area contributed by atoms with Crippen LogP contribution in [-0.4, -0.2) is 40.2 Å². The first kappa shape index (κ1) is 19.8. The molecular weight excluding hydrogens is 326 g/mol. The Kier molecular flexibility index (Phi) is 8.38. The molecule has 0 saturated carbocycles. The fraction of sp³-hybridized carbons (Fsp3) is 0.417. The quantitative estimate of drug-likeness (QED) is 0.724. The highest BCUT2D eigenvalue weighted by Crippen LogP contribution is 2.18. The molecule has 0 atom stereocenters. The van der Waals surface area contributed by atoms with Gasteiger partial charge in [-0.25, -0.2) is 8.42 Å². The first-order chi connectivity index (χ1) is 9.37. The Morgan fingerprint density at radius 1 is 1.19 bits per heavy atom. The lowest BCUT2D eigenvalue weighted by Crippen LogP contribution is -2.31. The minimum atomic E-state index is -4.58. The van der Waals surface area contributed by atoms with Crippen LogP contribution in [0, 0.1) is 0 Å². The van der Waals surface area contributed by atoms with E-state index in [0.29, 0.717) is 18.7 Å². The maximum absolute atomic E-state index is 12.3. The number of nitrogens with one attached hydrogen (secondary N) is 2. The van der Waals surface area contributed by atoms with Crippen molar-refractivity contribution in [3.63, 3.8) is 0 Å². The van der Waals surface area contributed by atoms with E-state index in [1.54, 1.807) is 7.05 Å². The van der Waals surface area contributed by atoms with Crippen molar-refractivity contribution in [1.29, 1.82) is 0 Å². The summed E-state index contributed by atoms with van der Waals surface area (Å²) in [6, 6.07) is 4.87. The Bertz CT molecular complexity index is 550. The zero-order valence-corrected chi connectivity index (χ0v) is 12.9. The smallest absolute Gasteiger partial charge is 0.341 e. The maximum Gasteiger partial charge on any atom is 0.341 e. The molecule has 0 spiro atoms. The van der Waals surface area contributed by atoms with Crippen molar-refractivity contribution in [3.05, 3.63) is 29.8 Å². The topological polar surface area (TPSA) is 75.3 Å². The third kappa shape index (κ3) is 5.94. The van der Waals surface area contributed by atoms with Crippen LogP contribution in [0.4, 0.5) is 8.78 Å². The Labute approximate surface area is 128 Å². The minimum Gasteiger partial charge on any atom is -0.355 e. The predicted octanol–water partition coefficient (Wildman–Crippen LogP) is 0.983. The van der Waals surface area contributed by atoms with E-state index in [4.69, 9.17) is 0 Å². The van der Waals surface area contributed by atoms with E-state index in [2.05, 4.69) is 10.6 Å². The summed E-state index contributed by atoms with van der Waals surface area (Å²) in [5.41, 5.74) is 0.556. The van der Waals surface area contributed by atoms with Crippen molar-refractivity contribution in [1.82, 2.24) is 10.6 Å². The van der Waals surface area contributed by atoms with Gasteiger partial charge in [-0.3, -0.25) is 4.79 Å². The minimum absolute atomic E-state index is 0. The van der Waals surface area contributed by atoms with E-state index in [9.17, 15) is 22.0 Å². The molecule has 120 valence electrons. The zero-order chi connectivity index (χ0) is 15.2. The highest BCUT2D eigenvalue weighted by atomic mass is 35.5. The summed E-state index contributed by atoms with van der Waals surface area (Å²) in [4.78, 5) is 11.0. The Morgan fingerprint density at radius 2 is 1.76 bits per heavy atom. The first-order valence-corrected chi connectivity index (χ1v) is 7.45. The third-order valence-corrected chi connectivity index (χ3v) is 3.95. The van der Waals surface area contributed by atoms with Gasteiger partial charge in [0, 0.05) is 13.1 Å². The SMILES string of the molecule is CNCCNC(=O)Cc1ccc(S(=O)(=O)C(F)F)cc1.Cl. The number of halogens is 3. The van der Waals surface area contributed by atoms with Crippen LogP contribution in [0.15, 0.2) is 29.2 Å². The van der Waals surface area contributed by atoms with Gasteiger partial charge in [-0.2, -0.15) is 8.78 Å². The van der Waals surface area contributed by atoms with Crippen LogP contribution < -0.4 is 10.6 Å². The summed E-state index contributed by atoms with van der Waals surface area (Å²) in [5.74, 6) is -3.66. The molecule has 1 rings (SSSR count). The maximum atomic E-state index is 12.3. The van der Waals surface area contributed by atoms with Gasteiger partial charge in [-0.05, 0) is 24.7 Å². The molecule has 1 amide bonds. The predicted molar refractivity (Wildman–Crippen MR) is 77.5 cm³/mol. The number of amides is 1. The summed E-state index contributed by atoms with van der Waals surface area (Å²) in [6.07, 6.45) is 0.0682. The first-order valence-electron chi connectivity index (χ1n) is 5.90. The van der Waals surface area contributed by atoms with Crippen LogP contribution in [0.2, 0.25) is 0 Å². The average Bonchev–Trinajstić information content (AvgIpc) is 2.39. The van der Waals surface area contributed by atoms with Gasteiger partial charge in [0.15, 0.2) is 0 Å². The summed E-state index contributed by atoms with van der Waals surface area (Å²) in [6.45, 7) is 1.12. The molecule has 5 nitrogen and oxygen atoms in total. The van der Waals surface area contributed by atoms with E-state index in [-0.39, 0.29) is 24.7 Å². The Hall–Kier alpha value is -1.25. The van der Waals surface area contributed by atoms with Gasteiger partial charge in [0.05, 0.1) is 11.3 Å². The lowest BCUT2D eigenvalue weighted by Gasteiger charge is -2.06. The number of sulfone groups is 1. The van der Waals surface area contributed by atoms with E-state index in [1.807, 2.05) is 0 Å². The van der Waals surface area contributed by atoms with Crippen molar-refractivity contribution >= 4 is 28.2 Å². The second-order valence-electron chi connectivity index (χ2n) is 4.08. The highest BCUT2D eigenvalue weighted by Gasteiger charge is 2.26. The molecule has 0 fully saturated rings. The van der Waals surface area contributed by atoms with Crippen molar-refractivity contribution < 1.29 is 22.0 Å². The zero-order valence-electron chi connectivity index (χ0n) is 11.3. The number of carbonyl (C=O) groups excluding carboxylic acids is 1. The van der Waals surface area contributed by atoms with Crippen LogP contribution >= 0.6 is 12.4 Å². The van der Waals surface area contributed by atoms with Crippen LogP contribution in [0.5, 0.6) is 0 Å². The molecule has 0 aliphatic heterocycles. The summed E-state index contributed by atoms with van der Waals surface area (Å²) < 4.78 is 47.1. The van der Waals surface area contributed by atoms with Crippen molar-refractivity contribution in [2.75, 3.05) is 20.1 Å². The van der Waals surface area contributed by atoms with E-state index in [0.717, 1.165) is 12.1 Å². The number of carbonyl (C=O) groups is 1. The number of hydrogen-bond donors (Lipinski definition) is 2. The molecule has 2 N–H and O–H groups in total. The van der Waals surface area contributed by atoms with Gasteiger partial charge in [-0.1, -0.05) is 12.1 Å². The fourth-order valence-corrected chi connectivity index (χ4v) is 2.20. The van der Waals surface area contributed by atoms with E-state index >= 15 is 0 Å². The second-order valence-corrected chi connectivity index (χ2v) is 6.00. The summed E-state index contributed by atoms with van der Waals surface area (Å²) in [5, 5.41) is 5.52. The molecule has 0 heterocycles. The molecule has 0 radical (unpaired) electrons. The van der Waals surface area contributed by atoms with Crippen LogP contribution in [0.3, 0.4) is 0 Å². The molecule has 0 unspecified atom stereocenters. The monoisotopic (exact) mass is 342 g/mol. The van der Waals surface area contributed by atoms with Crippen molar-refractivity contribution in [2.45, 2.75) is 17.1 Å². The molecule has 0 aromatic heterocycles. The van der Waals surface area contributed by atoms with Crippen LogP contribution in [0.25, 0.3) is 0 Å². The average molecular weight is 343 g/mol. The molecule has 0 bridgehead atoms. The number of benzene rings is 1. The lowest BCUT2D eigenvalue weighted by molar-refractivity contribution is -0.120. The summed E-state index contributed by atoms with van der Waals surface area (Å²) in [7, 11) is -2.82. The van der Waals surface area contributed by atoms with Gasteiger partial charge in [0.25, 0.3) is 0 Å². The molecule has 9 heteroatoms. The molecule has 0 saturated heterocycles. The van der Waals surface area contributed by atoms with E-state index < -0.39 is 20.5 Å². The largest absolute Gasteiger partial charge is 0.355 e. The molecule has 0 aliphatic carbocycles. The normalized spacial score (nSPS) is 11.0. The van der Waals surface area contributed by atoms with Crippen LogP contribution in [-0.2, 0) is 21.1 Å². The number of hydrogen-bond acceptors (Lipinski definition) is 4. The molecule has 0 aliphatic rings.